The molecule has 0 saturated carbocycles. The molecule has 1 aliphatic carbocycles. The minimum Gasteiger partial charge on any atom is -0.209 e. The molecule has 0 fully saturated rings. The molecule has 0 aliphatic heterocycles. The lowest BCUT2D eigenvalue weighted by Crippen LogP contribution is -2.16. The predicted molar refractivity (Wildman–Crippen MR) is 36.9 cm³/mol. The molecule has 0 spiro atoms. The summed E-state index contributed by atoms with van der Waals surface area (Å²) < 4.78 is 25.4. The molecular formula is C8H12F2. The average molecular weight is 146 g/mol. The zero-order valence-electron chi connectivity index (χ0n) is 6.38. The summed E-state index contributed by atoms with van der Waals surface area (Å²) in [6.07, 6.45) is 1.81. The molecular weight excluding hydrogens is 134 g/mol. The molecule has 1 rings (SSSR count). The van der Waals surface area contributed by atoms with E-state index in [1.54, 1.807) is 13.8 Å². The number of hydrogen-bond acceptors (Lipinski definition) is 0. The Kier molecular flexibility index (Phi) is 1.80. The highest BCUT2D eigenvalue weighted by molar-refractivity contribution is 5.12. The zero-order valence-corrected chi connectivity index (χ0v) is 6.38. The summed E-state index contributed by atoms with van der Waals surface area (Å²) in [4.78, 5) is 0. The lowest BCUT2D eigenvalue weighted by molar-refractivity contribution is 0.265. The van der Waals surface area contributed by atoms with Gasteiger partial charge >= 0.3 is 0 Å². The number of halogens is 2. The maximum Gasteiger partial charge on any atom is 0.137 e. The molecule has 10 heavy (non-hydrogen) atoms. The van der Waals surface area contributed by atoms with Crippen LogP contribution in [0.15, 0.2) is 11.7 Å². The second-order valence-corrected chi connectivity index (χ2v) is 3.46. The van der Waals surface area contributed by atoms with Gasteiger partial charge in [0.2, 0.25) is 0 Å². The van der Waals surface area contributed by atoms with Gasteiger partial charge in [-0.15, -0.1) is 0 Å². The van der Waals surface area contributed by atoms with Crippen LogP contribution in [0, 0.1) is 5.41 Å². The zero-order chi connectivity index (χ0) is 7.78. The van der Waals surface area contributed by atoms with Crippen molar-refractivity contribution in [2.75, 3.05) is 0 Å². The fourth-order valence-corrected chi connectivity index (χ4v) is 1.27. The molecule has 0 saturated heterocycles. The highest BCUT2D eigenvalue weighted by Gasteiger charge is 2.30. The molecule has 0 nitrogen and oxygen atoms in total. The molecule has 0 atom stereocenters. The molecule has 0 aromatic heterocycles. The van der Waals surface area contributed by atoms with Crippen molar-refractivity contribution in [2.24, 2.45) is 5.41 Å². The van der Waals surface area contributed by atoms with Gasteiger partial charge in [-0.05, 0) is 12.8 Å². The van der Waals surface area contributed by atoms with Crippen LogP contribution >= 0.6 is 0 Å². The number of rotatable bonds is 0. The predicted octanol–water partition coefficient (Wildman–Crippen LogP) is 3.35. The summed E-state index contributed by atoms with van der Waals surface area (Å²) in [7, 11) is 0. The summed E-state index contributed by atoms with van der Waals surface area (Å²) in [6.45, 7) is 3.47. The van der Waals surface area contributed by atoms with E-state index in [1.807, 2.05) is 0 Å². The van der Waals surface area contributed by atoms with Crippen molar-refractivity contribution < 1.29 is 8.78 Å². The molecule has 0 bridgehead atoms. The maximum atomic E-state index is 12.9. The Labute approximate surface area is 59.9 Å². The van der Waals surface area contributed by atoms with Gasteiger partial charge in [0.05, 0.1) is 0 Å². The van der Waals surface area contributed by atoms with Crippen LogP contribution in [0.4, 0.5) is 8.78 Å². The third-order valence-corrected chi connectivity index (χ3v) is 2.03. The van der Waals surface area contributed by atoms with Gasteiger partial charge in [-0.1, -0.05) is 13.8 Å². The Balaban J connectivity index is 2.89. The molecule has 0 N–H and O–H groups in total. The van der Waals surface area contributed by atoms with E-state index in [9.17, 15) is 8.78 Å². The van der Waals surface area contributed by atoms with Crippen molar-refractivity contribution in [3.8, 4) is 0 Å². The summed E-state index contributed by atoms with van der Waals surface area (Å²) >= 11 is 0. The molecule has 0 amide bonds. The Morgan fingerprint density at radius 1 is 1.30 bits per heavy atom. The molecule has 0 heterocycles. The van der Waals surface area contributed by atoms with Gasteiger partial charge in [0.1, 0.15) is 11.7 Å². The van der Waals surface area contributed by atoms with E-state index >= 15 is 0 Å². The third kappa shape index (κ3) is 1.20. The number of allylic oxidation sites excluding steroid dienone is 2. The Morgan fingerprint density at radius 2 is 1.90 bits per heavy atom. The summed E-state index contributed by atoms with van der Waals surface area (Å²) in [5.41, 5.74) is -0.553. The largest absolute Gasteiger partial charge is 0.209 e. The third-order valence-electron chi connectivity index (χ3n) is 2.03. The standard InChI is InChI=1S/C8H12F2/c1-8(2)5-3-4-6(9)7(8)10/h3-5H2,1-2H3. The minimum atomic E-state index is -0.553. The van der Waals surface area contributed by atoms with Crippen molar-refractivity contribution in [2.45, 2.75) is 33.1 Å². The van der Waals surface area contributed by atoms with Gasteiger partial charge in [0.25, 0.3) is 0 Å². The minimum absolute atomic E-state index is 0.287. The van der Waals surface area contributed by atoms with E-state index in [4.69, 9.17) is 0 Å². The second-order valence-electron chi connectivity index (χ2n) is 3.46. The monoisotopic (exact) mass is 146 g/mol. The first-order chi connectivity index (χ1) is 4.54. The van der Waals surface area contributed by atoms with Crippen LogP contribution in [0.2, 0.25) is 0 Å². The fourth-order valence-electron chi connectivity index (χ4n) is 1.27. The van der Waals surface area contributed by atoms with E-state index in [2.05, 4.69) is 0 Å². The van der Waals surface area contributed by atoms with Crippen LogP contribution in [0.1, 0.15) is 33.1 Å². The first-order valence-corrected chi connectivity index (χ1v) is 3.59. The second kappa shape index (κ2) is 2.33. The SMILES string of the molecule is CC1(C)CCCC(F)=C1F. The highest BCUT2D eigenvalue weighted by Crippen LogP contribution is 2.40. The molecule has 0 radical (unpaired) electrons. The average Bonchev–Trinajstić information content (AvgIpc) is 1.83. The molecule has 58 valence electrons. The molecule has 0 unspecified atom stereocenters. The summed E-state index contributed by atoms with van der Waals surface area (Å²) in [5, 5.41) is 0. The van der Waals surface area contributed by atoms with E-state index in [-0.39, 0.29) is 6.42 Å². The molecule has 1 aliphatic rings. The molecule has 0 aromatic carbocycles. The first-order valence-electron chi connectivity index (χ1n) is 3.59. The Morgan fingerprint density at radius 3 is 2.30 bits per heavy atom. The van der Waals surface area contributed by atoms with Crippen molar-refractivity contribution in [1.82, 2.24) is 0 Å². The smallest absolute Gasteiger partial charge is 0.137 e. The normalized spacial score (nSPS) is 25.2. The van der Waals surface area contributed by atoms with Crippen LogP contribution in [0.25, 0.3) is 0 Å². The van der Waals surface area contributed by atoms with Gasteiger partial charge in [-0.2, -0.15) is 0 Å². The summed E-state index contributed by atoms with van der Waals surface area (Å²) in [5.74, 6) is -1.09. The van der Waals surface area contributed by atoms with E-state index in [0.717, 1.165) is 12.8 Å². The quantitative estimate of drug-likeness (QED) is 0.491. The van der Waals surface area contributed by atoms with E-state index in [1.165, 1.54) is 0 Å². The van der Waals surface area contributed by atoms with Gasteiger partial charge < -0.3 is 0 Å². The van der Waals surface area contributed by atoms with Crippen LogP contribution in [0.5, 0.6) is 0 Å². The maximum absolute atomic E-state index is 12.9. The van der Waals surface area contributed by atoms with Crippen LogP contribution < -0.4 is 0 Å². The lowest BCUT2D eigenvalue weighted by Gasteiger charge is -2.26. The Hall–Kier alpha value is -0.400. The van der Waals surface area contributed by atoms with Gasteiger partial charge in [-0.3, -0.25) is 0 Å². The van der Waals surface area contributed by atoms with Gasteiger partial charge in [0, 0.05) is 11.8 Å². The van der Waals surface area contributed by atoms with Crippen molar-refractivity contribution >= 4 is 0 Å². The Bertz CT molecular complexity index is 168. The fraction of sp³-hybridized carbons (Fsp3) is 0.750. The van der Waals surface area contributed by atoms with Gasteiger partial charge in [0.15, 0.2) is 0 Å². The molecule has 0 aromatic rings. The summed E-state index contributed by atoms with van der Waals surface area (Å²) in [6, 6.07) is 0. The van der Waals surface area contributed by atoms with Crippen molar-refractivity contribution in [1.29, 1.82) is 0 Å². The van der Waals surface area contributed by atoms with Crippen LogP contribution in [0.3, 0.4) is 0 Å². The van der Waals surface area contributed by atoms with Crippen molar-refractivity contribution in [3.05, 3.63) is 11.7 Å². The molecule has 2 heteroatoms. The van der Waals surface area contributed by atoms with E-state index in [0.29, 0.717) is 0 Å². The topological polar surface area (TPSA) is 0 Å². The van der Waals surface area contributed by atoms with Gasteiger partial charge in [-0.25, -0.2) is 8.78 Å². The highest BCUT2D eigenvalue weighted by atomic mass is 19.2. The van der Waals surface area contributed by atoms with Crippen LogP contribution in [-0.4, -0.2) is 0 Å². The first kappa shape index (κ1) is 7.70. The lowest BCUT2D eigenvalue weighted by atomic mass is 9.81. The van der Waals surface area contributed by atoms with E-state index < -0.39 is 17.1 Å². The number of hydrogen-bond donors (Lipinski definition) is 0. The van der Waals surface area contributed by atoms with Crippen LogP contribution in [-0.2, 0) is 0 Å². The van der Waals surface area contributed by atoms with Crippen molar-refractivity contribution in [3.63, 3.8) is 0 Å².